The van der Waals surface area contributed by atoms with Crippen molar-refractivity contribution in [2.24, 2.45) is 5.92 Å². The smallest absolute Gasteiger partial charge is 0.261 e. The number of aryl methyl sites for hydroxylation is 1. The van der Waals surface area contributed by atoms with Crippen LogP contribution in [0.2, 0.25) is 0 Å². The highest BCUT2D eigenvalue weighted by Crippen LogP contribution is 2.21. The molecule has 0 radical (unpaired) electrons. The lowest BCUT2D eigenvalue weighted by Crippen LogP contribution is -2.25. The fourth-order valence-electron chi connectivity index (χ4n) is 2.92. The largest absolute Gasteiger partial charge is 0.351 e. The highest BCUT2D eigenvalue weighted by molar-refractivity contribution is 7.12. The van der Waals surface area contributed by atoms with E-state index in [0.717, 1.165) is 29.1 Å². The second-order valence-electron chi connectivity index (χ2n) is 6.51. The molecule has 0 fully saturated rings. The topological polar surface area (TPSA) is 46.9 Å². The summed E-state index contributed by atoms with van der Waals surface area (Å²) in [6.07, 6.45) is 4.83. The Balaban J connectivity index is 1.71. The van der Waals surface area contributed by atoms with E-state index in [1.54, 1.807) is 0 Å². The van der Waals surface area contributed by atoms with Crippen molar-refractivity contribution >= 4 is 28.3 Å². The molecule has 24 heavy (non-hydrogen) atoms. The van der Waals surface area contributed by atoms with E-state index in [-0.39, 0.29) is 5.91 Å². The third-order valence-corrected chi connectivity index (χ3v) is 5.04. The van der Waals surface area contributed by atoms with Crippen LogP contribution in [0.1, 0.15) is 34.6 Å². The molecule has 0 unspecified atom stereocenters. The first-order valence-electron chi connectivity index (χ1n) is 8.31. The molecule has 5 heteroatoms. The van der Waals surface area contributed by atoms with Crippen LogP contribution in [0.3, 0.4) is 0 Å². The van der Waals surface area contributed by atoms with Gasteiger partial charge in [-0.2, -0.15) is 0 Å². The first kappa shape index (κ1) is 16.7. The van der Waals surface area contributed by atoms with Crippen LogP contribution in [-0.2, 0) is 13.0 Å². The van der Waals surface area contributed by atoms with Gasteiger partial charge in [0.05, 0.1) is 4.88 Å². The summed E-state index contributed by atoms with van der Waals surface area (Å²) in [7, 11) is 0. The van der Waals surface area contributed by atoms with Gasteiger partial charge in [-0.05, 0) is 54.0 Å². The molecule has 0 saturated heterocycles. The van der Waals surface area contributed by atoms with Crippen LogP contribution >= 0.6 is 11.3 Å². The van der Waals surface area contributed by atoms with Crippen LogP contribution in [0.25, 0.3) is 11.0 Å². The molecule has 0 aliphatic rings. The molecule has 0 bridgehead atoms. The number of aromatic nitrogens is 2. The predicted octanol–water partition coefficient (Wildman–Crippen LogP) is 4.03. The van der Waals surface area contributed by atoms with E-state index in [2.05, 4.69) is 41.0 Å². The normalized spacial score (nSPS) is 11.3. The van der Waals surface area contributed by atoms with Gasteiger partial charge in [-0.1, -0.05) is 13.8 Å². The van der Waals surface area contributed by atoms with Gasteiger partial charge in [0.15, 0.2) is 0 Å². The second-order valence-corrected chi connectivity index (χ2v) is 7.43. The molecule has 4 nitrogen and oxygen atoms in total. The number of rotatable bonds is 6. The van der Waals surface area contributed by atoms with Crippen molar-refractivity contribution in [3.63, 3.8) is 0 Å². The average molecular weight is 341 g/mol. The van der Waals surface area contributed by atoms with E-state index in [9.17, 15) is 4.79 Å². The van der Waals surface area contributed by atoms with Crippen molar-refractivity contribution < 1.29 is 4.79 Å². The Morgan fingerprint density at radius 3 is 2.92 bits per heavy atom. The molecule has 1 N–H and O–H groups in total. The fraction of sp³-hybridized carbons (Fsp3) is 0.368. The van der Waals surface area contributed by atoms with Crippen molar-refractivity contribution in [3.8, 4) is 0 Å². The number of carbonyl (C=O) groups is 1. The van der Waals surface area contributed by atoms with Gasteiger partial charge in [0.1, 0.15) is 5.65 Å². The molecule has 0 aromatic carbocycles. The predicted molar refractivity (Wildman–Crippen MR) is 99.7 cm³/mol. The van der Waals surface area contributed by atoms with Crippen molar-refractivity contribution in [2.75, 3.05) is 6.54 Å². The molecule has 3 aromatic heterocycles. The highest BCUT2D eigenvalue weighted by Gasteiger charge is 2.12. The van der Waals surface area contributed by atoms with Crippen LogP contribution in [0.15, 0.2) is 36.0 Å². The van der Waals surface area contributed by atoms with Gasteiger partial charge in [0.2, 0.25) is 0 Å². The maximum atomic E-state index is 12.2. The molecule has 1 amide bonds. The molecule has 3 heterocycles. The Morgan fingerprint density at radius 2 is 2.21 bits per heavy atom. The molecule has 3 aromatic rings. The lowest BCUT2D eigenvalue weighted by molar-refractivity contribution is 0.0957. The number of pyridine rings is 1. The summed E-state index contributed by atoms with van der Waals surface area (Å²) in [5, 5.41) is 6.17. The zero-order valence-corrected chi connectivity index (χ0v) is 15.2. The van der Waals surface area contributed by atoms with Crippen molar-refractivity contribution in [1.29, 1.82) is 0 Å². The number of nitrogens with zero attached hydrogens (tertiary/aromatic N) is 2. The molecule has 0 spiro atoms. The number of thiophene rings is 1. The van der Waals surface area contributed by atoms with Crippen LogP contribution in [0.5, 0.6) is 0 Å². The van der Waals surface area contributed by atoms with Gasteiger partial charge in [-0.15, -0.1) is 11.3 Å². The molecule has 0 aliphatic heterocycles. The van der Waals surface area contributed by atoms with E-state index in [1.165, 1.54) is 22.3 Å². The second kappa shape index (κ2) is 7.18. The SMILES string of the molecule is Cc1ccsc1C(=O)NCCc1cn(CC(C)C)c2ncccc12. The molecule has 3 rings (SSSR count). The van der Waals surface area contributed by atoms with Crippen molar-refractivity contribution in [3.05, 3.63) is 52.0 Å². The molecular weight excluding hydrogens is 318 g/mol. The Morgan fingerprint density at radius 1 is 1.38 bits per heavy atom. The van der Waals surface area contributed by atoms with Gasteiger partial charge < -0.3 is 9.88 Å². The maximum absolute atomic E-state index is 12.2. The summed E-state index contributed by atoms with van der Waals surface area (Å²) in [6.45, 7) is 7.97. The van der Waals surface area contributed by atoms with Gasteiger partial charge in [0.25, 0.3) is 5.91 Å². The Kier molecular flexibility index (Phi) is 5.00. The molecule has 0 aliphatic carbocycles. The number of hydrogen-bond donors (Lipinski definition) is 1. The van der Waals surface area contributed by atoms with Gasteiger partial charge in [-0.3, -0.25) is 4.79 Å². The quantitative estimate of drug-likeness (QED) is 0.736. The summed E-state index contributed by atoms with van der Waals surface area (Å²) in [6, 6.07) is 6.06. The number of carbonyl (C=O) groups excluding carboxylic acids is 1. The standard InChI is InChI=1S/C19H23N3OS/c1-13(2)11-22-12-15(16-5-4-8-20-18(16)22)6-9-21-19(23)17-14(3)7-10-24-17/h4-5,7-8,10,12-13H,6,9,11H2,1-3H3,(H,21,23). The van der Waals surface area contributed by atoms with Crippen molar-refractivity contribution in [1.82, 2.24) is 14.9 Å². The third-order valence-electron chi connectivity index (χ3n) is 4.03. The average Bonchev–Trinajstić information content (AvgIpc) is 3.12. The number of nitrogens with one attached hydrogen (secondary N) is 1. The lowest BCUT2D eigenvalue weighted by atomic mass is 10.1. The summed E-state index contributed by atoms with van der Waals surface area (Å²) >= 11 is 1.49. The van der Waals surface area contributed by atoms with Crippen LogP contribution in [0.4, 0.5) is 0 Å². The van der Waals surface area contributed by atoms with Crippen LogP contribution in [0, 0.1) is 12.8 Å². The van der Waals surface area contributed by atoms with Crippen LogP contribution in [-0.4, -0.2) is 22.0 Å². The minimum absolute atomic E-state index is 0.0199. The molecule has 126 valence electrons. The summed E-state index contributed by atoms with van der Waals surface area (Å²) in [5.74, 6) is 0.587. The monoisotopic (exact) mass is 341 g/mol. The van der Waals surface area contributed by atoms with E-state index < -0.39 is 0 Å². The summed E-state index contributed by atoms with van der Waals surface area (Å²) in [4.78, 5) is 17.5. The first-order chi connectivity index (χ1) is 11.6. The highest BCUT2D eigenvalue weighted by atomic mass is 32.1. The van der Waals surface area contributed by atoms with E-state index in [4.69, 9.17) is 0 Å². The number of amides is 1. The maximum Gasteiger partial charge on any atom is 0.261 e. The minimum atomic E-state index is 0.0199. The van der Waals surface area contributed by atoms with Gasteiger partial charge in [0, 0.05) is 30.9 Å². The molecule has 0 saturated carbocycles. The number of hydrogen-bond acceptors (Lipinski definition) is 3. The summed E-state index contributed by atoms with van der Waals surface area (Å²) in [5.41, 5.74) is 3.30. The van der Waals surface area contributed by atoms with Crippen molar-refractivity contribution in [2.45, 2.75) is 33.7 Å². The van der Waals surface area contributed by atoms with Gasteiger partial charge >= 0.3 is 0 Å². The van der Waals surface area contributed by atoms with E-state index in [0.29, 0.717) is 12.5 Å². The fourth-order valence-corrected chi connectivity index (χ4v) is 3.76. The Hall–Kier alpha value is -2.14. The zero-order valence-electron chi connectivity index (χ0n) is 14.4. The number of fused-ring (bicyclic) bond motifs is 1. The molecular formula is C19H23N3OS. The minimum Gasteiger partial charge on any atom is -0.351 e. The molecule has 0 atom stereocenters. The lowest BCUT2D eigenvalue weighted by Gasteiger charge is -2.06. The van der Waals surface area contributed by atoms with Crippen LogP contribution < -0.4 is 5.32 Å². The Bertz CT molecular complexity index is 847. The van der Waals surface area contributed by atoms with E-state index in [1.807, 2.05) is 30.6 Å². The van der Waals surface area contributed by atoms with E-state index >= 15 is 0 Å². The Labute approximate surface area is 146 Å². The summed E-state index contributed by atoms with van der Waals surface area (Å²) < 4.78 is 2.22. The first-order valence-corrected chi connectivity index (χ1v) is 9.19. The third kappa shape index (κ3) is 3.51. The zero-order chi connectivity index (χ0) is 17.1. The van der Waals surface area contributed by atoms with Gasteiger partial charge in [-0.25, -0.2) is 4.98 Å².